The fraction of sp³-hybridized carbons (Fsp3) is 1.00. The van der Waals surface area contributed by atoms with E-state index in [9.17, 15) is 0 Å². The van der Waals surface area contributed by atoms with Crippen molar-refractivity contribution in [2.75, 3.05) is 0 Å². The van der Waals surface area contributed by atoms with E-state index in [1.54, 1.807) is 0 Å². The van der Waals surface area contributed by atoms with Gasteiger partial charge in [0, 0.05) is 0 Å². The van der Waals surface area contributed by atoms with Crippen molar-refractivity contribution in [2.24, 2.45) is 5.73 Å². The zero-order valence-electron chi connectivity index (χ0n) is 3.86. The molecule has 0 heterocycles. The SMILES string of the molecule is CC(N)C(O)(Cl)Cl. The van der Waals surface area contributed by atoms with Crippen LogP contribution in [0.1, 0.15) is 6.92 Å². The van der Waals surface area contributed by atoms with Crippen LogP contribution in [-0.4, -0.2) is 15.7 Å². The molecule has 2 nitrogen and oxygen atoms in total. The summed E-state index contributed by atoms with van der Waals surface area (Å²) in [4.78, 5) is 0. The van der Waals surface area contributed by atoms with Crippen LogP contribution in [0.4, 0.5) is 0 Å². The Morgan fingerprint density at radius 2 is 1.86 bits per heavy atom. The smallest absolute Gasteiger partial charge is 0.230 e. The highest BCUT2D eigenvalue weighted by Crippen LogP contribution is 2.18. The molecule has 0 saturated carbocycles. The third-order valence-corrected chi connectivity index (χ3v) is 1.24. The van der Waals surface area contributed by atoms with Crippen LogP contribution in [-0.2, 0) is 0 Å². The van der Waals surface area contributed by atoms with E-state index in [-0.39, 0.29) is 0 Å². The number of halogens is 2. The van der Waals surface area contributed by atoms with E-state index < -0.39 is 10.6 Å². The van der Waals surface area contributed by atoms with Crippen molar-refractivity contribution in [1.29, 1.82) is 0 Å². The lowest BCUT2D eigenvalue weighted by Crippen LogP contribution is -2.35. The Kier molecular flexibility index (Phi) is 2.33. The number of hydrogen-bond acceptors (Lipinski definition) is 2. The third-order valence-electron chi connectivity index (χ3n) is 0.548. The molecule has 0 rings (SSSR count). The molecule has 0 spiro atoms. The zero-order chi connectivity index (χ0) is 6.08. The first-order valence-electron chi connectivity index (χ1n) is 1.80. The van der Waals surface area contributed by atoms with Gasteiger partial charge in [0.05, 0.1) is 6.04 Å². The van der Waals surface area contributed by atoms with Gasteiger partial charge in [-0.25, -0.2) is 0 Å². The Morgan fingerprint density at radius 3 is 1.86 bits per heavy atom. The Morgan fingerprint density at radius 1 is 1.71 bits per heavy atom. The lowest BCUT2D eigenvalue weighted by Gasteiger charge is -2.14. The van der Waals surface area contributed by atoms with Crippen LogP contribution in [0.5, 0.6) is 0 Å². The van der Waals surface area contributed by atoms with E-state index in [0.717, 1.165) is 0 Å². The molecule has 0 aliphatic heterocycles. The second-order valence-electron chi connectivity index (χ2n) is 1.38. The first kappa shape index (κ1) is 7.50. The monoisotopic (exact) mass is 143 g/mol. The standard InChI is InChI=1S/C3H7Cl2NO/c1-2(6)3(4,5)7/h2,7H,6H2,1H3. The fourth-order valence-corrected chi connectivity index (χ4v) is 0. The summed E-state index contributed by atoms with van der Waals surface area (Å²) in [5.41, 5.74) is 5.06. The minimum atomic E-state index is -1.78. The summed E-state index contributed by atoms with van der Waals surface area (Å²) < 4.78 is -1.78. The quantitative estimate of drug-likeness (QED) is 0.525. The number of hydrogen-bond donors (Lipinski definition) is 2. The van der Waals surface area contributed by atoms with Crippen LogP contribution in [0.15, 0.2) is 0 Å². The van der Waals surface area contributed by atoms with Crippen molar-refractivity contribution < 1.29 is 5.11 Å². The predicted octanol–water partition coefficient (Wildman–Crippen LogP) is 0.457. The normalized spacial score (nSPS) is 16.7. The fourth-order valence-electron chi connectivity index (χ4n) is 0. The first-order valence-corrected chi connectivity index (χ1v) is 2.56. The van der Waals surface area contributed by atoms with E-state index in [4.69, 9.17) is 34.0 Å². The van der Waals surface area contributed by atoms with Crippen molar-refractivity contribution >= 4 is 23.2 Å². The molecule has 0 fully saturated rings. The van der Waals surface area contributed by atoms with Gasteiger partial charge in [0.15, 0.2) is 0 Å². The molecule has 0 aliphatic rings. The maximum atomic E-state index is 8.50. The molecular formula is C3H7Cl2NO. The minimum absolute atomic E-state index is 0.615. The van der Waals surface area contributed by atoms with Gasteiger partial charge in [-0.2, -0.15) is 0 Å². The third kappa shape index (κ3) is 3.12. The van der Waals surface area contributed by atoms with Crippen molar-refractivity contribution in [2.45, 2.75) is 17.5 Å². The predicted molar refractivity (Wildman–Crippen MR) is 30.3 cm³/mol. The minimum Gasteiger partial charge on any atom is -0.361 e. The van der Waals surface area contributed by atoms with Crippen LogP contribution in [0.2, 0.25) is 0 Å². The topological polar surface area (TPSA) is 46.2 Å². The first-order chi connectivity index (χ1) is 2.94. The second-order valence-corrected chi connectivity index (χ2v) is 2.72. The van der Waals surface area contributed by atoms with E-state index in [1.807, 2.05) is 0 Å². The zero-order valence-corrected chi connectivity index (χ0v) is 5.37. The van der Waals surface area contributed by atoms with Crippen molar-refractivity contribution in [3.8, 4) is 0 Å². The molecule has 0 saturated heterocycles. The largest absolute Gasteiger partial charge is 0.361 e. The van der Waals surface area contributed by atoms with E-state index in [0.29, 0.717) is 0 Å². The highest BCUT2D eigenvalue weighted by molar-refractivity contribution is 6.47. The van der Waals surface area contributed by atoms with Gasteiger partial charge in [-0.1, -0.05) is 23.2 Å². The maximum Gasteiger partial charge on any atom is 0.230 e. The summed E-state index contributed by atoms with van der Waals surface area (Å²) in [7, 11) is 0. The van der Waals surface area contributed by atoms with Crippen molar-refractivity contribution in [3.63, 3.8) is 0 Å². The molecule has 0 aromatic carbocycles. The van der Waals surface area contributed by atoms with Gasteiger partial charge >= 0.3 is 0 Å². The van der Waals surface area contributed by atoms with E-state index in [1.165, 1.54) is 6.92 Å². The van der Waals surface area contributed by atoms with Gasteiger partial charge in [0.25, 0.3) is 0 Å². The van der Waals surface area contributed by atoms with Crippen LogP contribution >= 0.6 is 23.2 Å². The van der Waals surface area contributed by atoms with Gasteiger partial charge in [-0.3, -0.25) is 0 Å². The summed E-state index contributed by atoms with van der Waals surface area (Å²) in [5, 5.41) is 8.50. The summed E-state index contributed by atoms with van der Waals surface area (Å²) in [6.07, 6.45) is 0. The maximum absolute atomic E-state index is 8.50. The van der Waals surface area contributed by atoms with E-state index >= 15 is 0 Å². The van der Waals surface area contributed by atoms with Crippen LogP contribution < -0.4 is 5.73 Å². The van der Waals surface area contributed by atoms with Crippen molar-refractivity contribution in [3.05, 3.63) is 0 Å². The number of nitrogens with two attached hydrogens (primary N) is 1. The lowest BCUT2D eigenvalue weighted by molar-refractivity contribution is 0.189. The molecule has 44 valence electrons. The highest BCUT2D eigenvalue weighted by Gasteiger charge is 2.23. The number of rotatable bonds is 1. The summed E-state index contributed by atoms with van der Waals surface area (Å²) >= 11 is 10.1. The molecule has 0 aliphatic carbocycles. The molecule has 0 bridgehead atoms. The molecule has 1 atom stereocenters. The Balaban J connectivity index is 3.54. The van der Waals surface area contributed by atoms with Crippen molar-refractivity contribution in [1.82, 2.24) is 0 Å². The molecule has 4 heteroatoms. The summed E-state index contributed by atoms with van der Waals surface area (Å²) in [6.45, 7) is 1.51. The molecule has 1 unspecified atom stereocenters. The second kappa shape index (κ2) is 2.18. The molecule has 3 N–H and O–H groups in total. The lowest BCUT2D eigenvalue weighted by atomic mass is 10.4. The van der Waals surface area contributed by atoms with Gasteiger partial charge in [0.1, 0.15) is 0 Å². The van der Waals surface area contributed by atoms with Gasteiger partial charge in [-0.15, -0.1) is 0 Å². The average Bonchev–Trinajstić information content (AvgIpc) is 1.31. The molecular weight excluding hydrogens is 137 g/mol. The average molecular weight is 144 g/mol. The Bertz CT molecular complexity index is 58.4. The van der Waals surface area contributed by atoms with Crippen LogP contribution in [0.25, 0.3) is 0 Å². The van der Waals surface area contributed by atoms with Gasteiger partial charge < -0.3 is 10.8 Å². The summed E-state index contributed by atoms with van der Waals surface area (Å²) in [5.74, 6) is 0. The Hall–Kier alpha value is 0.500. The van der Waals surface area contributed by atoms with Gasteiger partial charge in [0.2, 0.25) is 4.52 Å². The van der Waals surface area contributed by atoms with Gasteiger partial charge in [-0.05, 0) is 6.92 Å². The van der Waals surface area contributed by atoms with Crippen LogP contribution in [0.3, 0.4) is 0 Å². The molecule has 0 radical (unpaired) electrons. The summed E-state index contributed by atoms with van der Waals surface area (Å²) in [6, 6.07) is -0.615. The molecule has 0 aromatic rings. The van der Waals surface area contributed by atoms with Crippen LogP contribution in [0, 0.1) is 0 Å². The number of aliphatic hydroxyl groups is 1. The molecule has 7 heavy (non-hydrogen) atoms. The molecule has 0 aromatic heterocycles. The number of alkyl halides is 2. The Labute approximate surface area is 52.2 Å². The molecule has 0 amide bonds. The van der Waals surface area contributed by atoms with E-state index in [2.05, 4.69) is 0 Å². The highest BCUT2D eigenvalue weighted by atomic mass is 35.5.